The van der Waals surface area contributed by atoms with Gasteiger partial charge in [-0.3, -0.25) is 43.3 Å². The molecule has 34 nitrogen and oxygen atoms in total. The predicted molar refractivity (Wildman–Crippen MR) is 300 cm³/mol. The minimum atomic E-state index is -1.74. The molecule has 506 valence electrons. The molecule has 0 aliphatic carbocycles. The summed E-state index contributed by atoms with van der Waals surface area (Å²) in [5.74, 6) is -4.51. The molecule has 0 saturated carbocycles. The first-order chi connectivity index (χ1) is 41.3. The molecule has 7 amide bonds. The number of Topliss-reactive ketones (excluding diaryl/α,β-unsaturated/α-hetero) is 1. The second-order valence-corrected chi connectivity index (χ2v) is 20.5. The highest BCUT2D eigenvalue weighted by Gasteiger charge is 2.45. The second-order valence-electron chi connectivity index (χ2n) is 20.5. The van der Waals surface area contributed by atoms with Crippen molar-refractivity contribution < 1.29 is 127 Å². The Kier molecular flexibility index (Phi) is 42.7. The molecule has 34 heteroatoms. The number of carbonyl (C=O) groups is 8. The summed E-state index contributed by atoms with van der Waals surface area (Å²) >= 11 is 0. The molecule has 1 aliphatic heterocycles. The van der Waals surface area contributed by atoms with Gasteiger partial charge in [0.15, 0.2) is 18.7 Å². The van der Waals surface area contributed by atoms with Crippen molar-refractivity contribution in [3.63, 3.8) is 0 Å². The summed E-state index contributed by atoms with van der Waals surface area (Å²) < 4.78 is 49.7. The standard InChI is InChI=1S/C53H98N8O26/c1-31(2)38(70)12-10-8-9-11-13-42(71)56-24-37(48(76)57-30-81-20-23-84-53(50(78)60-36(7)69)86-40(28-63)33(4)66)61(26-44(73)55-15-17-80-19-22-83-52(49(77)59-35(6)68)85-39(27-62)32(3)65)25-43(72)54-14-16-79-18-21-82-51-45(58-34(5)67)47(75)46(74)41(29-64)87-51/h31-33,37,39-41,45-47,49-53,62-66,74-75,77-78H,8-30H2,1-7H3,(H,54,72)(H,55,73)(H,56,71)(H,57,76)(H,58,67)(H,59,68)(H,60,69). The lowest BCUT2D eigenvalue weighted by molar-refractivity contribution is -0.272. The van der Waals surface area contributed by atoms with Gasteiger partial charge in [-0.25, -0.2) is 0 Å². The number of carbonyl (C=O) groups excluding carboxylic acids is 8. The van der Waals surface area contributed by atoms with Crippen molar-refractivity contribution in [2.24, 2.45) is 5.92 Å². The van der Waals surface area contributed by atoms with E-state index in [2.05, 4.69) is 37.2 Å². The first-order valence-corrected chi connectivity index (χ1v) is 28.9. The average molecular weight is 1260 g/mol. The lowest BCUT2D eigenvalue weighted by Crippen LogP contribution is -2.64. The maximum absolute atomic E-state index is 14.1. The van der Waals surface area contributed by atoms with Gasteiger partial charge in [0.1, 0.15) is 55.1 Å². The van der Waals surface area contributed by atoms with Crippen molar-refractivity contribution in [1.29, 1.82) is 0 Å². The molecule has 0 aromatic heterocycles. The number of unbranched alkanes of at least 4 members (excludes halogenated alkanes) is 3. The average Bonchev–Trinajstić information content (AvgIpc) is 1.71. The summed E-state index contributed by atoms with van der Waals surface area (Å²) in [7, 11) is 0. The SMILES string of the molecule is CC(=O)NC(O)C(OCCOCCNC(=O)CN(CC(=O)NCCOCCOC1OC(CO)C(O)C(O)C1NC(C)=O)C(CNC(=O)CCCCCCC(=O)C(C)C)C(=O)NCOCCOC(OC(CO)C(C)O)C(O)NC(C)=O)OC(CO)C(C)O. The van der Waals surface area contributed by atoms with Gasteiger partial charge in [0.25, 0.3) is 0 Å². The zero-order valence-corrected chi connectivity index (χ0v) is 50.8. The van der Waals surface area contributed by atoms with Crippen molar-refractivity contribution in [3.05, 3.63) is 0 Å². The van der Waals surface area contributed by atoms with Crippen LogP contribution in [-0.4, -0.2) is 296 Å². The van der Waals surface area contributed by atoms with Crippen LogP contribution in [0.3, 0.4) is 0 Å². The highest BCUT2D eigenvalue weighted by Crippen LogP contribution is 2.22. The van der Waals surface area contributed by atoms with Crippen LogP contribution < -0.4 is 37.2 Å². The Morgan fingerprint density at radius 3 is 1.52 bits per heavy atom. The minimum Gasteiger partial charge on any atom is -0.394 e. The third-order valence-corrected chi connectivity index (χ3v) is 12.7. The summed E-state index contributed by atoms with van der Waals surface area (Å²) in [6, 6.07) is -2.63. The lowest BCUT2D eigenvalue weighted by atomic mass is 9.97. The second kappa shape index (κ2) is 46.3. The van der Waals surface area contributed by atoms with Crippen LogP contribution in [0.2, 0.25) is 0 Å². The Morgan fingerprint density at radius 1 is 0.563 bits per heavy atom. The smallest absolute Gasteiger partial charge is 0.240 e. The van der Waals surface area contributed by atoms with Crippen LogP contribution >= 0.6 is 0 Å². The van der Waals surface area contributed by atoms with Crippen molar-refractivity contribution in [2.45, 2.75) is 173 Å². The molecule has 1 fully saturated rings. The van der Waals surface area contributed by atoms with Gasteiger partial charge in [0, 0.05) is 59.2 Å². The van der Waals surface area contributed by atoms with Crippen LogP contribution in [0, 0.1) is 5.92 Å². The highest BCUT2D eigenvalue weighted by atomic mass is 16.7. The summed E-state index contributed by atoms with van der Waals surface area (Å²) in [4.78, 5) is 103. The Balaban J connectivity index is 3.26. The van der Waals surface area contributed by atoms with Gasteiger partial charge in [-0.15, -0.1) is 0 Å². The number of rotatable bonds is 50. The van der Waals surface area contributed by atoms with Gasteiger partial charge < -0.3 is 126 Å². The summed E-state index contributed by atoms with van der Waals surface area (Å²) in [5, 5.41) is 108. The lowest BCUT2D eigenvalue weighted by Gasteiger charge is -2.42. The van der Waals surface area contributed by atoms with Gasteiger partial charge in [-0.2, -0.15) is 0 Å². The fraction of sp³-hybridized carbons (Fsp3) is 0.849. The van der Waals surface area contributed by atoms with Crippen molar-refractivity contribution in [3.8, 4) is 0 Å². The third-order valence-electron chi connectivity index (χ3n) is 12.7. The first kappa shape index (κ1) is 80.2. The molecule has 0 bridgehead atoms. The summed E-state index contributed by atoms with van der Waals surface area (Å²) in [5.41, 5.74) is 0. The number of nitrogens with one attached hydrogen (secondary N) is 7. The van der Waals surface area contributed by atoms with E-state index in [1.807, 2.05) is 13.8 Å². The van der Waals surface area contributed by atoms with Gasteiger partial charge in [-0.05, 0) is 26.7 Å². The molecule has 0 radical (unpaired) electrons. The number of ketones is 1. The molecule has 1 rings (SSSR count). The van der Waals surface area contributed by atoms with Crippen molar-refractivity contribution in [1.82, 2.24) is 42.1 Å². The zero-order chi connectivity index (χ0) is 65.4. The molecular weight excluding hydrogens is 1160 g/mol. The third kappa shape index (κ3) is 35.3. The highest BCUT2D eigenvalue weighted by molar-refractivity contribution is 5.87. The van der Waals surface area contributed by atoms with Crippen LogP contribution in [0.25, 0.3) is 0 Å². The number of aliphatic hydroxyl groups excluding tert-OH is 9. The van der Waals surface area contributed by atoms with E-state index in [9.17, 15) is 84.3 Å². The number of amides is 7. The fourth-order valence-corrected chi connectivity index (χ4v) is 7.92. The van der Waals surface area contributed by atoms with E-state index in [-0.39, 0.29) is 84.1 Å². The largest absolute Gasteiger partial charge is 0.394 e. The molecular formula is C53H98N8O26. The van der Waals surface area contributed by atoms with Crippen LogP contribution in [0.4, 0.5) is 0 Å². The number of hydrogen-bond donors (Lipinski definition) is 16. The quantitative estimate of drug-likeness (QED) is 0.0199. The maximum atomic E-state index is 14.1. The molecule has 0 spiro atoms. The number of ether oxygens (including phenoxy) is 9. The Hall–Kier alpha value is -4.80. The van der Waals surface area contributed by atoms with Crippen molar-refractivity contribution in [2.75, 3.05) is 112 Å². The Labute approximate surface area is 506 Å². The van der Waals surface area contributed by atoms with Crippen LogP contribution in [0.15, 0.2) is 0 Å². The van der Waals surface area contributed by atoms with Gasteiger partial charge in [0.2, 0.25) is 53.9 Å². The predicted octanol–water partition coefficient (Wildman–Crippen LogP) is -7.23. The van der Waals surface area contributed by atoms with E-state index >= 15 is 0 Å². The van der Waals surface area contributed by atoms with Gasteiger partial charge in [0.05, 0.1) is 98.0 Å². The van der Waals surface area contributed by atoms with Gasteiger partial charge in [-0.1, -0.05) is 26.7 Å². The van der Waals surface area contributed by atoms with Gasteiger partial charge >= 0.3 is 0 Å². The van der Waals surface area contributed by atoms with Crippen LogP contribution in [-0.2, 0) is 81.0 Å². The molecule has 1 saturated heterocycles. The zero-order valence-electron chi connectivity index (χ0n) is 50.8. The van der Waals surface area contributed by atoms with Crippen LogP contribution in [0.1, 0.15) is 87.0 Å². The molecule has 1 heterocycles. The van der Waals surface area contributed by atoms with E-state index in [1.165, 1.54) is 25.7 Å². The molecule has 1 aliphatic rings. The Bertz CT molecular complexity index is 1980. The molecule has 0 aromatic carbocycles. The molecule has 87 heavy (non-hydrogen) atoms. The maximum Gasteiger partial charge on any atom is 0.240 e. The van der Waals surface area contributed by atoms with E-state index in [1.54, 1.807) is 0 Å². The van der Waals surface area contributed by atoms with E-state index < -0.39 is 174 Å². The monoisotopic (exact) mass is 1260 g/mol. The molecule has 0 aromatic rings. The van der Waals surface area contributed by atoms with Crippen LogP contribution in [0.5, 0.6) is 0 Å². The molecule has 16 N–H and O–H groups in total. The van der Waals surface area contributed by atoms with E-state index in [4.69, 9.17) is 42.6 Å². The minimum absolute atomic E-state index is 0.0384. The topological polar surface area (TPSA) is 489 Å². The molecule has 14 atom stereocenters. The number of hydrogen-bond acceptors (Lipinski definition) is 27. The molecule has 14 unspecified atom stereocenters. The Morgan fingerprint density at radius 2 is 1.06 bits per heavy atom. The summed E-state index contributed by atoms with van der Waals surface area (Å²) in [6.45, 7) is 3.83. The number of aliphatic hydroxyl groups is 9. The summed E-state index contributed by atoms with van der Waals surface area (Å²) in [6.07, 6.45) is -14.0. The van der Waals surface area contributed by atoms with Crippen molar-refractivity contribution >= 4 is 47.1 Å². The fourth-order valence-electron chi connectivity index (χ4n) is 7.92. The number of nitrogens with zero attached hydrogens (tertiary/aromatic N) is 1. The normalized spacial score (nSPS) is 20.0. The van der Waals surface area contributed by atoms with E-state index in [0.29, 0.717) is 32.1 Å². The van der Waals surface area contributed by atoms with E-state index in [0.717, 1.165) is 13.8 Å². The first-order valence-electron chi connectivity index (χ1n) is 28.9.